The zero-order valence-electron chi connectivity index (χ0n) is 4.51. The molecule has 0 aliphatic carbocycles. The predicted molar refractivity (Wildman–Crippen MR) is 29.1 cm³/mol. The molecule has 4 nitrogen and oxygen atoms in total. The van der Waals surface area contributed by atoms with Crippen molar-refractivity contribution in [3.05, 3.63) is 11.8 Å². The molecule has 0 fully saturated rings. The number of nitrogens with two attached hydrogens (primary N) is 1. The number of anilines is 1. The fourth-order valence-corrected chi connectivity index (χ4v) is 0.432. The van der Waals surface area contributed by atoms with Gasteiger partial charge in [-0.2, -0.15) is 0 Å². The van der Waals surface area contributed by atoms with Crippen molar-refractivity contribution in [2.24, 2.45) is 5.84 Å². The van der Waals surface area contributed by atoms with E-state index in [1.165, 1.54) is 0 Å². The Hall–Kier alpha value is -1.03. The Morgan fingerprint density at radius 1 is 1.88 bits per heavy atom. The maximum atomic E-state index is 4.98. The molecule has 1 heterocycles. The summed E-state index contributed by atoms with van der Waals surface area (Å²) in [6.45, 7) is 1.82. The van der Waals surface area contributed by atoms with E-state index >= 15 is 0 Å². The van der Waals surface area contributed by atoms with Crippen molar-refractivity contribution in [1.82, 2.24) is 5.16 Å². The normalized spacial score (nSPS) is 9.25. The highest BCUT2D eigenvalue weighted by Crippen LogP contribution is 2.04. The maximum absolute atomic E-state index is 4.98. The molecule has 0 aliphatic rings. The van der Waals surface area contributed by atoms with Crippen LogP contribution in [0.2, 0.25) is 0 Å². The van der Waals surface area contributed by atoms with E-state index in [4.69, 9.17) is 5.84 Å². The van der Waals surface area contributed by atoms with Crippen LogP contribution < -0.4 is 11.3 Å². The highest BCUT2D eigenvalue weighted by atomic mass is 16.5. The molecule has 8 heavy (non-hydrogen) atoms. The van der Waals surface area contributed by atoms with Gasteiger partial charge in [-0.3, -0.25) is 5.43 Å². The molecule has 1 rings (SSSR count). The lowest BCUT2D eigenvalue weighted by molar-refractivity contribution is 0.427. The minimum Gasteiger partial charge on any atom is -0.337 e. The number of rotatable bonds is 1. The van der Waals surface area contributed by atoms with E-state index in [-0.39, 0.29) is 0 Å². The van der Waals surface area contributed by atoms with Crippen LogP contribution in [0.3, 0.4) is 0 Å². The Labute approximate surface area is 46.6 Å². The van der Waals surface area contributed by atoms with Gasteiger partial charge in [0, 0.05) is 6.07 Å². The third kappa shape index (κ3) is 0.788. The molecule has 0 radical (unpaired) electrons. The summed E-state index contributed by atoms with van der Waals surface area (Å²) in [5.41, 5.74) is 3.14. The quantitative estimate of drug-likeness (QED) is 0.405. The highest BCUT2D eigenvalue weighted by Gasteiger charge is 1.93. The summed E-state index contributed by atoms with van der Waals surface area (Å²) in [6.07, 6.45) is 0. The summed E-state index contributed by atoms with van der Waals surface area (Å²) < 4.78 is 4.63. The number of aryl methyl sites for hydroxylation is 1. The van der Waals surface area contributed by atoms with Gasteiger partial charge in [0.2, 0.25) is 5.88 Å². The summed E-state index contributed by atoms with van der Waals surface area (Å²) in [4.78, 5) is 0. The summed E-state index contributed by atoms with van der Waals surface area (Å²) in [5.74, 6) is 5.47. The second kappa shape index (κ2) is 1.83. The minimum absolute atomic E-state index is 0.488. The molecule has 0 unspecified atom stereocenters. The molecule has 0 saturated carbocycles. The summed E-state index contributed by atoms with van der Waals surface area (Å²) >= 11 is 0. The molecule has 0 aliphatic heterocycles. The van der Waals surface area contributed by atoms with E-state index in [9.17, 15) is 0 Å². The fourth-order valence-electron chi connectivity index (χ4n) is 0.432. The number of nitrogen functional groups attached to an aromatic ring is 1. The molecule has 0 saturated heterocycles. The van der Waals surface area contributed by atoms with Crippen LogP contribution in [-0.2, 0) is 0 Å². The number of aromatic nitrogens is 1. The largest absolute Gasteiger partial charge is 0.337 e. The summed E-state index contributed by atoms with van der Waals surface area (Å²) in [5, 5.41) is 3.57. The topological polar surface area (TPSA) is 64.1 Å². The van der Waals surface area contributed by atoms with Crippen LogP contribution in [0.1, 0.15) is 5.69 Å². The van der Waals surface area contributed by atoms with E-state index in [1.54, 1.807) is 6.07 Å². The SMILES string of the molecule is Cc1cc(NN)on1. The molecule has 3 N–H and O–H groups in total. The lowest BCUT2D eigenvalue weighted by atomic mass is 10.5. The van der Waals surface area contributed by atoms with Crippen LogP contribution >= 0.6 is 0 Å². The van der Waals surface area contributed by atoms with Gasteiger partial charge < -0.3 is 4.52 Å². The average Bonchev–Trinajstić information content (AvgIpc) is 2.14. The van der Waals surface area contributed by atoms with Crippen molar-refractivity contribution in [2.45, 2.75) is 6.92 Å². The minimum atomic E-state index is 0.488. The van der Waals surface area contributed by atoms with E-state index in [0.717, 1.165) is 5.69 Å². The van der Waals surface area contributed by atoms with E-state index < -0.39 is 0 Å². The molecular formula is C4H7N3O. The Morgan fingerprint density at radius 2 is 2.62 bits per heavy atom. The molecule has 0 spiro atoms. The van der Waals surface area contributed by atoms with Crippen LogP contribution in [0.4, 0.5) is 5.88 Å². The first-order valence-electron chi connectivity index (χ1n) is 2.23. The summed E-state index contributed by atoms with van der Waals surface area (Å²) in [6, 6.07) is 1.71. The fraction of sp³-hybridized carbons (Fsp3) is 0.250. The standard InChI is InChI=1S/C4H7N3O/c1-3-2-4(6-5)8-7-3/h2,6H,5H2,1H3. The molecule has 1 aromatic rings. The van der Waals surface area contributed by atoms with Crippen LogP contribution in [0.25, 0.3) is 0 Å². The second-order valence-electron chi connectivity index (χ2n) is 1.48. The van der Waals surface area contributed by atoms with Gasteiger partial charge in [0.05, 0.1) is 5.69 Å². The maximum Gasteiger partial charge on any atom is 0.238 e. The Bertz CT molecular complexity index is 172. The molecule has 4 heteroatoms. The number of hydrazine groups is 1. The van der Waals surface area contributed by atoms with Crippen LogP contribution in [0, 0.1) is 6.92 Å². The first kappa shape index (κ1) is 5.11. The lowest BCUT2D eigenvalue weighted by Gasteiger charge is -1.83. The van der Waals surface area contributed by atoms with Crippen molar-refractivity contribution in [3.8, 4) is 0 Å². The van der Waals surface area contributed by atoms with Gasteiger partial charge in [0.1, 0.15) is 0 Å². The van der Waals surface area contributed by atoms with Gasteiger partial charge in [-0.15, -0.1) is 0 Å². The average molecular weight is 113 g/mol. The number of hydrogen-bond acceptors (Lipinski definition) is 4. The zero-order valence-corrected chi connectivity index (χ0v) is 4.51. The number of hydrogen-bond donors (Lipinski definition) is 2. The number of nitrogens with one attached hydrogen (secondary N) is 1. The highest BCUT2D eigenvalue weighted by molar-refractivity contribution is 5.28. The molecular weight excluding hydrogens is 106 g/mol. The number of nitrogens with zero attached hydrogens (tertiary/aromatic N) is 1. The third-order valence-corrected chi connectivity index (χ3v) is 0.770. The van der Waals surface area contributed by atoms with E-state index in [2.05, 4.69) is 15.1 Å². The van der Waals surface area contributed by atoms with Crippen LogP contribution in [0.5, 0.6) is 0 Å². The van der Waals surface area contributed by atoms with Gasteiger partial charge in [-0.05, 0) is 6.92 Å². The molecule has 0 atom stereocenters. The van der Waals surface area contributed by atoms with Gasteiger partial charge in [0.15, 0.2) is 0 Å². The van der Waals surface area contributed by atoms with Gasteiger partial charge in [0.25, 0.3) is 0 Å². The zero-order chi connectivity index (χ0) is 5.98. The smallest absolute Gasteiger partial charge is 0.238 e. The monoisotopic (exact) mass is 113 g/mol. The van der Waals surface area contributed by atoms with Crippen LogP contribution in [0.15, 0.2) is 10.6 Å². The molecule has 0 aromatic carbocycles. The van der Waals surface area contributed by atoms with E-state index in [1.807, 2.05) is 6.92 Å². The molecule has 0 amide bonds. The second-order valence-corrected chi connectivity index (χ2v) is 1.48. The van der Waals surface area contributed by atoms with Crippen molar-refractivity contribution in [1.29, 1.82) is 0 Å². The van der Waals surface area contributed by atoms with Gasteiger partial charge >= 0.3 is 0 Å². The third-order valence-electron chi connectivity index (χ3n) is 0.770. The first-order valence-corrected chi connectivity index (χ1v) is 2.23. The molecule has 0 bridgehead atoms. The first-order chi connectivity index (χ1) is 3.83. The Kier molecular flexibility index (Phi) is 1.17. The summed E-state index contributed by atoms with van der Waals surface area (Å²) in [7, 11) is 0. The molecule has 44 valence electrons. The lowest BCUT2D eigenvalue weighted by Crippen LogP contribution is -2.04. The van der Waals surface area contributed by atoms with Crippen molar-refractivity contribution in [3.63, 3.8) is 0 Å². The predicted octanol–water partition coefficient (Wildman–Crippen LogP) is 0.269. The van der Waals surface area contributed by atoms with Crippen molar-refractivity contribution >= 4 is 5.88 Å². The van der Waals surface area contributed by atoms with Crippen LogP contribution in [-0.4, -0.2) is 5.16 Å². The van der Waals surface area contributed by atoms with Crippen molar-refractivity contribution in [2.75, 3.05) is 5.43 Å². The van der Waals surface area contributed by atoms with Gasteiger partial charge in [-0.25, -0.2) is 5.84 Å². The van der Waals surface area contributed by atoms with Crippen molar-refractivity contribution < 1.29 is 4.52 Å². The van der Waals surface area contributed by atoms with Gasteiger partial charge in [-0.1, -0.05) is 5.16 Å². The Balaban J connectivity index is 2.84. The van der Waals surface area contributed by atoms with E-state index in [0.29, 0.717) is 5.88 Å². The molecule has 1 aromatic heterocycles. The Morgan fingerprint density at radius 3 is 2.88 bits per heavy atom.